The van der Waals surface area contributed by atoms with E-state index in [-0.39, 0.29) is 0 Å². The molecule has 0 aliphatic rings. The lowest BCUT2D eigenvalue weighted by atomic mass is 10.1. The van der Waals surface area contributed by atoms with Crippen molar-refractivity contribution in [1.82, 2.24) is 10.6 Å². The Labute approximate surface area is 184 Å². The zero-order valence-corrected chi connectivity index (χ0v) is 19.3. The normalized spacial score (nSPS) is 10.5. The third kappa shape index (κ3) is 6.08. The van der Waals surface area contributed by atoms with Gasteiger partial charge in [-0.05, 0) is 31.6 Å². The van der Waals surface area contributed by atoms with E-state index in [9.17, 15) is 0 Å². The van der Waals surface area contributed by atoms with Crippen LogP contribution in [0.25, 0.3) is 0 Å². The SMILES string of the molecule is COc1ccc(CNCCCNCc2ccc(OC)c(OC)c2OC)c(OC)c1OC. The smallest absolute Gasteiger partial charge is 0.203 e. The maximum atomic E-state index is 5.52. The fraction of sp³-hybridized carbons (Fsp3) is 0.478. The van der Waals surface area contributed by atoms with Crippen LogP contribution in [-0.4, -0.2) is 55.7 Å². The second kappa shape index (κ2) is 12.8. The molecule has 0 aliphatic carbocycles. The summed E-state index contributed by atoms with van der Waals surface area (Å²) in [7, 11) is 9.70. The lowest BCUT2D eigenvalue weighted by molar-refractivity contribution is 0.321. The summed E-state index contributed by atoms with van der Waals surface area (Å²) in [5, 5.41) is 6.88. The topological polar surface area (TPSA) is 79.4 Å². The fourth-order valence-corrected chi connectivity index (χ4v) is 3.39. The van der Waals surface area contributed by atoms with Crippen molar-refractivity contribution in [2.75, 3.05) is 55.7 Å². The summed E-state index contributed by atoms with van der Waals surface area (Å²) in [6, 6.07) is 7.73. The Morgan fingerprint density at radius 1 is 0.516 bits per heavy atom. The van der Waals surface area contributed by atoms with Crippen LogP contribution in [0, 0.1) is 0 Å². The molecule has 2 N–H and O–H groups in total. The van der Waals surface area contributed by atoms with Crippen LogP contribution in [0.5, 0.6) is 34.5 Å². The van der Waals surface area contributed by atoms with Gasteiger partial charge in [0.05, 0.1) is 42.7 Å². The van der Waals surface area contributed by atoms with E-state index in [1.165, 1.54) is 0 Å². The average molecular weight is 435 g/mol. The first-order chi connectivity index (χ1) is 15.1. The van der Waals surface area contributed by atoms with Gasteiger partial charge in [-0.1, -0.05) is 12.1 Å². The van der Waals surface area contributed by atoms with E-state index in [0.29, 0.717) is 47.6 Å². The van der Waals surface area contributed by atoms with Crippen molar-refractivity contribution in [2.45, 2.75) is 19.5 Å². The molecule has 2 aromatic carbocycles. The predicted octanol–water partition coefficient (Wildman–Crippen LogP) is 3.01. The molecule has 0 aliphatic heterocycles. The molecular weight excluding hydrogens is 400 g/mol. The quantitative estimate of drug-likeness (QED) is 0.440. The summed E-state index contributed by atoms with van der Waals surface area (Å²) in [5.41, 5.74) is 2.03. The van der Waals surface area contributed by atoms with E-state index < -0.39 is 0 Å². The zero-order valence-electron chi connectivity index (χ0n) is 19.3. The van der Waals surface area contributed by atoms with Crippen molar-refractivity contribution < 1.29 is 28.4 Å². The van der Waals surface area contributed by atoms with Crippen molar-refractivity contribution >= 4 is 0 Å². The molecule has 31 heavy (non-hydrogen) atoms. The minimum absolute atomic E-state index is 0.606. The summed E-state index contributed by atoms with van der Waals surface area (Å²) >= 11 is 0. The van der Waals surface area contributed by atoms with Crippen LogP contribution in [0.2, 0.25) is 0 Å². The maximum Gasteiger partial charge on any atom is 0.203 e. The first-order valence-electron chi connectivity index (χ1n) is 10.1. The van der Waals surface area contributed by atoms with Gasteiger partial charge in [0.1, 0.15) is 0 Å². The molecule has 172 valence electrons. The molecular formula is C23H34N2O6. The van der Waals surface area contributed by atoms with Crippen molar-refractivity contribution in [3.05, 3.63) is 35.4 Å². The molecule has 0 heterocycles. The molecule has 2 aromatic rings. The number of nitrogens with one attached hydrogen (secondary N) is 2. The van der Waals surface area contributed by atoms with Gasteiger partial charge in [0.25, 0.3) is 0 Å². The molecule has 0 fully saturated rings. The Hall–Kier alpha value is -2.84. The van der Waals surface area contributed by atoms with Gasteiger partial charge in [0.2, 0.25) is 11.5 Å². The highest BCUT2D eigenvalue weighted by atomic mass is 16.5. The molecule has 0 atom stereocenters. The molecule has 0 aromatic heterocycles. The fourth-order valence-electron chi connectivity index (χ4n) is 3.39. The van der Waals surface area contributed by atoms with Crippen molar-refractivity contribution in [3.8, 4) is 34.5 Å². The summed E-state index contributed by atoms with van der Waals surface area (Å²) < 4.78 is 32.6. The van der Waals surface area contributed by atoms with Gasteiger partial charge in [-0.3, -0.25) is 0 Å². The number of hydrogen-bond acceptors (Lipinski definition) is 8. The first kappa shape index (κ1) is 24.4. The lowest BCUT2D eigenvalue weighted by Gasteiger charge is -2.16. The van der Waals surface area contributed by atoms with Crippen LogP contribution in [0.4, 0.5) is 0 Å². The standard InChI is InChI=1S/C23H34N2O6/c1-26-18-10-8-16(20(28-3)22(18)30-5)14-24-12-7-13-25-15-17-9-11-19(27-2)23(31-6)21(17)29-4/h8-11,24-25H,7,12-15H2,1-6H3. The predicted molar refractivity (Wildman–Crippen MR) is 120 cm³/mol. The van der Waals surface area contributed by atoms with Crippen LogP contribution in [0.15, 0.2) is 24.3 Å². The third-order valence-corrected chi connectivity index (χ3v) is 4.91. The second-order valence-electron chi connectivity index (χ2n) is 6.69. The van der Waals surface area contributed by atoms with Gasteiger partial charge in [-0.2, -0.15) is 0 Å². The van der Waals surface area contributed by atoms with Gasteiger partial charge in [-0.15, -0.1) is 0 Å². The van der Waals surface area contributed by atoms with Crippen LogP contribution in [0.3, 0.4) is 0 Å². The molecule has 8 heteroatoms. The summed E-state index contributed by atoms with van der Waals surface area (Å²) in [6.45, 7) is 3.06. The van der Waals surface area contributed by atoms with Gasteiger partial charge in [0, 0.05) is 24.2 Å². The summed E-state index contributed by atoms with van der Waals surface area (Å²) in [4.78, 5) is 0. The third-order valence-electron chi connectivity index (χ3n) is 4.91. The molecule has 0 spiro atoms. The highest BCUT2D eigenvalue weighted by Crippen LogP contribution is 2.40. The van der Waals surface area contributed by atoms with Crippen LogP contribution < -0.4 is 39.1 Å². The Bertz CT molecular complexity index is 761. The second-order valence-corrected chi connectivity index (χ2v) is 6.69. The number of hydrogen-bond donors (Lipinski definition) is 2. The first-order valence-corrected chi connectivity index (χ1v) is 10.1. The molecule has 8 nitrogen and oxygen atoms in total. The molecule has 0 radical (unpaired) electrons. The molecule has 0 unspecified atom stereocenters. The number of ether oxygens (including phenoxy) is 6. The molecule has 0 amide bonds. The van der Waals surface area contributed by atoms with Crippen LogP contribution in [0.1, 0.15) is 17.5 Å². The van der Waals surface area contributed by atoms with Crippen LogP contribution in [-0.2, 0) is 13.1 Å². The highest BCUT2D eigenvalue weighted by molar-refractivity contribution is 5.56. The van der Waals surface area contributed by atoms with E-state index in [2.05, 4.69) is 10.6 Å². The molecule has 2 rings (SSSR count). The Balaban J connectivity index is 1.81. The van der Waals surface area contributed by atoms with Gasteiger partial charge >= 0.3 is 0 Å². The average Bonchev–Trinajstić information content (AvgIpc) is 2.81. The van der Waals surface area contributed by atoms with E-state index in [1.807, 2.05) is 24.3 Å². The number of benzene rings is 2. The van der Waals surface area contributed by atoms with Crippen molar-refractivity contribution in [2.24, 2.45) is 0 Å². The van der Waals surface area contributed by atoms with Gasteiger partial charge in [-0.25, -0.2) is 0 Å². The monoisotopic (exact) mass is 434 g/mol. The van der Waals surface area contributed by atoms with E-state index in [0.717, 1.165) is 30.6 Å². The van der Waals surface area contributed by atoms with Crippen molar-refractivity contribution in [1.29, 1.82) is 0 Å². The van der Waals surface area contributed by atoms with E-state index in [4.69, 9.17) is 28.4 Å². The van der Waals surface area contributed by atoms with Crippen molar-refractivity contribution in [3.63, 3.8) is 0 Å². The Morgan fingerprint density at radius 2 is 0.903 bits per heavy atom. The van der Waals surface area contributed by atoms with Crippen LogP contribution >= 0.6 is 0 Å². The van der Waals surface area contributed by atoms with Gasteiger partial charge in [0.15, 0.2) is 23.0 Å². The minimum Gasteiger partial charge on any atom is -0.493 e. The Morgan fingerprint density at radius 3 is 1.23 bits per heavy atom. The Kier molecular flexibility index (Phi) is 10.1. The highest BCUT2D eigenvalue weighted by Gasteiger charge is 2.16. The molecule has 0 saturated carbocycles. The number of methoxy groups -OCH3 is 6. The lowest BCUT2D eigenvalue weighted by Crippen LogP contribution is -2.22. The molecule has 0 bridgehead atoms. The number of rotatable bonds is 14. The zero-order chi connectivity index (χ0) is 22.6. The maximum absolute atomic E-state index is 5.52. The summed E-state index contributed by atoms with van der Waals surface area (Å²) in [6.07, 6.45) is 0.964. The summed E-state index contributed by atoms with van der Waals surface area (Å²) in [5.74, 6) is 3.89. The molecule has 0 saturated heterocycles. The van der Waals surface area contributed by atoms with Gasteiger partial charge < -0.3 is 39.1 Å². The largest absolute Gasteiger partial charge is 0.493 e. The van der Waals surface area contributed by atoms with E-state index in [1.54, 1.807) is 42.7 Å². The minimum atomic E-state index is 0.606. The van der Waals surface area contributed by atoms with E-state index >= 15 is 0 Å².